The SMILES string of the molecule is CN(C)C(=O)c1ccc(C#C[C@]2(O)CCC3C4CCC5=CC(=O)CCC5=C4[C@@H](c4ccc(N(C)C)cc4)C[C@@]32C)cc1. The maximum absolute atomic E-state index is 12.3. The van der Waals surface area contributed by atoms with Gasteiger partial charge in [0.1, 0.15) is 5.60 Å². The number of anilines is 1. The Morgan fingerprint density at radius 2 is 1.67 bits per heavy atom. The second kappa shape index (κ2) is 10.6. The number of carbonyl (C=O) groups is 2. The largest absolute Gasteiger partial charge is 0.378 e. The van der Waals surface area contributed by atoms with Crippen molar-refractivity contribution >= 4 is 17.4 Å². The van der Waals surface area contributed by atoms with Gasteiger partial charge in [-0.05, 0) is 110 Å². The first-order chi connectivity index (χ1) is 20.0. The van der Waals surface area contributed by atoms with Gasteiger partial charge in [-0.1, -0.05) is 36.5 Å². The lowest BCUT2D eigenvalue weighted by Gasteiger charge is -2.53. The number of rotatable bonds is 3. The quantitative estimate of drug-likeness (QED) is 0.457. The molecule has 5 atom stereocenters. The van der Waals surface area contributed by atoms with Crippen molar-refractivity contribution in [2.24, 2.45) is 17.3 Å². The summed E-state index contributed by atoms with van der Waals surface area (Å²) in [6.07, 6.45) is 7.74. The first-order valence-electron chi connectivity index (χ1n) is 15.3. The predicted octanol–water partition coefficient (Wildman–Crippen LogP) is 6.14. The summed E-state index contributed by atoms with van der Waals surface area (Å²) in [6.45, 7) is 2.27. The highest BCUT2D eigenvalue weighted by Gasteiger charge is 2.62. The van der Waals surface area contributed by atoms with Gasteiger partial charge in [0.15, 0.2) is 5.78 Å². The fraction of sp³-hybridized carbons (Fsp3) is 0.459. The van der Waals surface area contributed by atoms with E-state index in [0.717, 1.165) is 37.7 Å². The number of allylic oxidation sites excluding steroid dienone is 4. The van der Waals surface area contributed by atoms with Gasteiger partial charge in [-0.2, -0.15) is 0 Å². The zero-order chi connectivity index (χ0) is 29.8. The summed E-state index contributed by atoms with van der Waals surface area (Å²) in [5.41, 5.74) is 6.61. The standard InChI is InChI=1S/C37H42N2O3/c1-36-23-32(25-10-13-28(14-11-25)38(2)3)34-30-17-15-29(40)22-27(30)12-16-31(34)33(36)19-21-37(36,42)20-18-24-6-8-26(9-7-24)35(41)39(4)5/h6-11,13-14,22,31-33,42H,12,15-17,19,21,23H2,1-5H3/t31?,32-,33?,36+,37+/m1/s1. The van der Waals surface area contributed by atoms with Gasteiger partial charge in [-0.3, -0.25) is 9.59 Å². The molecule has 0 spiro atoms. The number of benzene rings is 2. The Balaban J connectivity index is 1.39. The average molecular weight is 563 g/mol. The van der Waals surface area contributed by atoms with E-state index in [0.29, 0.717) is 30.2 Å². The third-order valence-electron chi connectivity index (χ3n) is 10.6. The second-order valence-electron chi connectivity index (χ2n) is 13.4. The van der Waals surface area contributed by atoms with Crippen molar-refractivity contribution in [3.05, 3.63) is 88.0 Å². The number of nitrogens with zero attached hydrogens (tertiary/aromatic N) is 2. The van der Waals surface area contributed by atoms with Crippen molar-refractivity contribution in [1.29, 1.82) is 0 Å². The molecule has 1 amide bonds. The second-order valence-corrected chi connectivity index (χ2v) is 13.4. The number of hydrogen-bond acceptors (Lipinski definition) is 4. The van der Waals surface area contributed by atoms with Crippen LogP contribution in [-0.2, 0) is 4.79 Å². The Labute approximate surface area is 250 Å². The molecule has 5 heteroatoms. The highest BCUT2D eigenvalue weighted by atomic mass is 16.3. The zero-order valence-electron chi connectivity index (χ0n) is 25.5. The van der Waals surface area contributed by atoms with Crippen molar-refractivity contribution < 1.29 is 14.7 Å². The number of fused-ring (bicyclic) bond motifs is 4. The first-order valence-corrected chi connectivity index (χ1v) is 15.3. The highest BCUT2D eigenvalue weighted by molar-refractivity contribution is 5.94. The molecular weight excluding hydrogens is 520 g/mol. The summed E-state index contributed by atoms with van der Waals surface area (Å²) in [6, 6.07) is 16.3. The van der Waals surface area contributed by atoms with Crippen molar-refractivity contribution in [3.8, 4) is 11.8 Å². The molecule has 0 aliphatic heterocycles. The number of carbonyl (C=O) groups excluding carboxylic acids is 2. The summed E-state index contributed by atoms with van der Waals surface area (Å²) < 4.78 is 0. The van der Waals surface area contributed by atoms with Crippen molar-refractivity contribution in [3.63, 3.8) is 0 Å². The molecule has 0 heterocycles. The molecule has 0 saturated heterocycles. The topological polar surface area (TPSA) is 60.9 Å². The van der Waals surface area contributed by atoms with E-state index in [4.69, 9.17) is 0 Å². The van der Waals surface area contributed by atoms with Gasteiger partial charge in [0.05, 0.1) is 0 Å². The highest BCUT2D eigenvalue weighted by Crippen LogP contribution is 2.66. The van der Waals surface area contributed by atoms with E-state index in [-0.39, 0.29) is 23.0 Å². The van der Waals surface area contributed by atoms with E-state index in [1.165, 1.54) is 28.0 Å². The van der Waals surface area contributed by atoms with Gasteiger partial charge in [0.2, 0.25) is 0 Å². The van der Waals surface area contributed by atoms with Crippen LogP contribution in [0.3, 0.4) is 0 Å². The lowest BCUT2D eigenvalue weighted by atomic mass is 9.51. The van der Waals surface area contributed by atoms with Gasteiger partial charge in [-0.15, -0.1) is 0 Å². The fourth-order valence-electron chi connectivity index (χ4n) is 8.30. The molecule has 0 aromatic heterocycles. The average Bonchev–Trinajstić information content (AvgIpc) is 3.25. The molecule has 2 aromatic carbocycles. The van der Waals surface area contributed by atoms with Crippen LogP contribution in [0.1, 0.15) is 79.3 Å². The van der Waals surface area contributed by atoms with Crippen LogP contribution in [0.2, 0.25) is 0 Å². The van der Waals surface area contributed by atoms with Crippen LogP contribution < -0.4 is 4.90 Å². The van der Waals surface area contributed by atoms with E-state index in [9.17, 15) is 14.7 Å². The van der Waals surface area contributed by atoms with Crippen LogP contribution in [0.25, 0.3) is 0 Å². The van der Waals surface area contributed by atoms with Crippen LogP contribution in [0.15, 0.2) is 71.3 Å². The number of aliphatic hydroxyl groups is 1. The molecule has 1 N–H and O–H groups in total. The summed E-state index contributed by atoms with van der Waals surface area (Å²) in [4.78, 5) is 28.4. The minimum atomic E-state index is -1.10. The van der Waals surface area contributed by atoms with E-state index in [1.54, 1.807) is 19.0 Å². The minimum Gasteiger partial charge on any atom is -0.378 e. The molecule has 6 rings (SSSR count). The van der Waals surface area contributed by atoms with Gasteiger partial charge >= 0.3 is 0 Å². The molecule has 0 radical (unpaired) electrons. The Kier molecular flexibility index (Phi) is 7.18. The molecule has 2 fully saturated rings. The van der Waals surface area contributed by atoms with Gasteiger partial charge in [-0.25, -0.2) is 0 Å². The van der Waals surface area contributed by atoms with Crippen LogP contribution in [0, 0.1) is 29.1 Å². The summed E-state index contributed by atoms with van der Waals surface area (Å²) >= 11 is 0. The van der Waals surface area contributed by atoms with E-state index in [1.807, 2.05) is 30.3 Å². The van der Waals surface area contributed by atoms with Gasteiger partial charge < -0.3 is 14.9 Å². The molecule has 4 aliphatic rings. The molecule has 218 valence electrons. The Hall–Kier alpha value is -3.62. The van der Waals surface area contributed by atoms with E-state index < -0.39 is 5.60 Å². The molecule has 2 saturated carbocycles. The fourth-order valence-corrected chi connectivity index (χ4v) is 8.30. The summed E-state index contributed by atoms with van der Waals surface area (Å²) in [5, 5.41) is 12.3. The zero-order valence-corrected chi connectivity index (χ0v) is 25.5. The molecule has 5 nitrogen and oxygen atoms in total. The Bertz CT molecular complexity index is 1540. The van der Waals surface area contributed by atoms with E-state index in [2.05, 4.69) is 62.0 Å². The number of amides is 1. The summed E-state index contributed by atoms with van der Waals surface area (Å²) in [5.74, 6) is 7.79. The molecular formula is C37H42N2O3. The molecule has 4 aliphatic carbocycles. The monoisotopic (exact) mass is 562 g/mol. The number of ketones is 1. The summed E-state index contributed by atoms with van der Waals surface area (Å²) in [7, 11) is 7.61. The van der Waals surface area contributed by atoms with Crippen molar-refractivity contribution in [2.75, 3.05) is 33.1 Å². The van der Waals surface area contributed by atoms with Gasteiger partial charge in [0, 0.05) is 62.8 Å². The van der Waals surface area contributed by atoms with Crippen LogP contribution in [0.4, 0.5) is 5.69 Å². The Morgan fingerprint density at radius 3 is 2.33 bits per heavy atom. The first kappa shape index (κ1) is 28.5. The third kappa shape index (κ3) is 4.71. The smallest absolute Gasteiger partial charge is 0.253 e. The molecule has 42 heavy (non-hydrogen) atoms. The Morgan fingerprint density at radius 1 is 0.952 bits per heavy atom. The number of hydrogen-bond donors (Lipinski definition) is 1. The maximum atomic E-state index is 12.3. The molecule has 2 unspecified atom stereocenters. The van der Waals surface area contributed by atoms with E-state index >= 15 is 0 Å². The van der Waals surface area contributed by atoms with Crippen LogP contribution >= 0.6 is 0 Å². The van der Waals surface area contributed by atoms with Crippen molar-refractivity contribution in [2.45, 2.75) is 63.4 Å². The predicted molar refractivity (Wildman–Crippen MR) is 167 cm³/mol. The normalized spacial score (nSPS) is 29.9. The maximum Gasteiger partial charge on any atom is 0.253 e. The van der Waals surface area contributed by atoms with Crippen LogP contribution in [-0.4, -0.2) is 55.5 Å². The molecule has 2 aromatic rings. The minimum absolute atomic E-state index is 0.0381. The lowest BCUT2D eigenvalue weighted by Crippen LogP contribution is -2.51. The van der Waals surface area contributed by atoms with Crippen LogP contribution in [0.5, 0.6) is 0 Å². The third-order valence-corrected chi connectivity index (χ3v) is 10.6. The van der Waals surface area contributed by atoms with Crippen molar-refractivity contribution in [1.82, 2.24) is 4.90 Å². The lowest BCUT2D eigenvalue weighted by molar-refractivity contribution is -0.114. The van der Waals surface area contributed by atoms with Gasteiger partial charge in [0.25, 0.3) is 5.91 Å². The molecule has 0 bridgehead atoms.